The molecule has 1 amide bonds. The Morgan fingerprint density at radius 1 is 1.22 bits per heavy atom. The van der Waals surface area contributed by atoms with Gasteiger partial charge in [-0.3, -0.25) is 4.79 Å². The highest BCUT2D eigenvalue weighted by Crippen LogP contribution is 2.40. The van der Waals surface area contributed by atoms with Crippen LogP contribution in [0.1, 0.15) is 29.5 Å². The highest BCUT2D eigenvalue weighted by atomic mass is 79.9. The summed E-state index contributed by atoms with van der Waals surface area (Å²) in [6, 6.07) is 16.5. The van der Waals surface area contributed by atoms with Gasteiger partial charge in [-0.05, 0) is 30.2 Å². The Morgan fingerprint density at radius 2 is 1.96 bits per heavy atom. The third kappa shape index (κ3) is 3.08. The first-order chi connectivity index (χ1) is 11.1. The van der Waals surface area contributed by atoms with Crippen molar-refractivity contribution in [2.75, 3.05) is 0 Å². The number of piperidine rings is 1. The van der Waals surface area contributed by atoms with Crippen molar-refractivity contribution in [3.05, 3.63) is 64.1 Å². The van der Waals surface area contributed by atoms with Crippen molar-refractivity contribution in [1.29, 1.82) is 5.26 Å². The topological polar surface area (TPSA) is 73.1 Å². The summed E-state index contributed by atoms with van der Waals surface area (Å²) in [5.74, 6) is -1.07. The van der Waals surface area contributed by atoms with Crippen molar-refractivity contribution in [1.82, 2.24) is 5.32 Å². The zero-order valence-corrected chi connectivity index (χ0v) is 13.8. The normalized spacial score (nSPS) is 23.8. The van der Waals surface area contributed by atoms with Crippen LogP contribution in [-0.4, -0.2) is 11.0 Å². The molecular formula is C18H15BrN2O2. The van der Waals surface area contributed by atoms with E-state index in [0.29, 0.717) is 12.0 Å². The van der Waals surface area contributed by atoms with Gasteiger partial charge >= 0.3 is 0 Å². The number of benzene rings is 2. The summed E-state index contributed by atoms with van der Waals surface area (Å²) < 4.78 is 0.832. The molecule has 1 aliphatic heterocycles. The number of halogens is 1. The molecule has 1 heterocycles. The van der Waals surface area contributed by atoms with Crippen LogP contribution in [0.4, 0.5) is 0 Å². The van der Waals surface area contributed by atoms with E-state index in [1.54, 1.807) is 18.2 Å². The fraction of sp³-hybridized carbons (Fsp3) is 0.222. The summed E-state index contributed by atoms with van der Waals surface area (Å²) in [7, 11) is 0. The first-order valence-corrected chi connectivity index (χ1v) is 8.13. The minimum atomic E-state index is -0.719. The standard InChI is InChI=1S/C18H15BrN2O2/c19-12-6-7-17(22)14(8-12)16-9-13(11-4-2-1-3-5-11)15(10-20)18(23)21-16/h1-8,13,15-16,22H,9H2,(H,21,23). The number of carbonyl (C=O) groups excluding carboxylic acids is 1. The molecule has 2 aromatic rings. The van der Waals surface area contributed by atoms with E-state index in [1.807, 2.05) is 30.3 Å². The van der Waals surface area contributed by atoms with Crippen molar-refractivity contribution in [3.8, 4) is 11.8 Å². The first kappa shape index (κ1) is 15.6. The zero-order chi connectivity index (χ0) is 16.4. The molecule has 2 N–H and O–H groups in total. The molecule has 0 aliphatic carbocycles. The maximum absolute atomic E-state index is 12.4. The van der Waals surface area contributed by atoms with E-state index in [4.69, 9.17) is 0 Å². The van der Waals surface area contributed by atoms with Crippen LogP contribution in [0.25, 0.3) is 0 Å². The third-order valence-electron chi connectivity index (χ3n) is 4.22. The quantitative estimate of drug-likeness (QED) is 0.847. The average molecular weight is 371 g/mol. The lowest BCUT2D eigenvalue weighted by molar-refractivity contribution is -0.126. The van der Waals surface area contributed by atoms with Crippen molar-refractivity contribution in [2.45, 2.75) is 18.4 Å². The molecule has 0 radical (unpaired) electrons. The van der Waals surface area contributed by atoms with Crippen LogP contribution in [-0.2, 0) is 4.79 Å². The Morgan fingerprint density at radius 3 is 2.65 bits per heavy atom. The predicted octanol–water partition coefficient (Wildman–Crippen LogP) is 3.64. The van der Waals surface area contributed by atoms with Gasteiger partial charge in [0.1, 0.15) is 11.7 Å². The molecule has 0 saturated carbocycles. The molecule has 0 aromatic heterocycles. The maximum Gasteiger partial charge on any atom is 0.238 e. The summed E-state index contributed by atoms with van der Waals surface area (Å²) in [5.41, 5.74) is 1.62. The van der Waals surface area contributed by atoms with Crippen molar-refractivity contribution >= 4 is 21.8 Å². The van der Waals surface area contributed by atoms with E-state index < -0.39 is 5.92 Å². The van der Waals surface area contributed by atoms with Crippen LogP contribution in [0.15, 0.2) is 53.0 Å². The number of nitrogens with one attached hydrogen (secondary N) is 1. The summed E-state index contributed by atoms with van der Waals surface area (Å²) >= 11 is 3.39. The number of hydrogen-bond donors (Lipinski definition) is 2. The molecule has 3 atom stereocenters. The van der Waals surface area contributed by atoms with E-state index >= 15 is 0 Å². The second-order valence-electron chi connectivity index (χ2n) is 5.62. The van der Waals surface area contributed by atoms with Gasteiger partial charge in [0, 0.05) is 16.0 Å². The molecule has 1 aliphatic rings. The number of phenolic OH excluding ortho intramolecular Hbond substituents is 1. The number of aromatic hydroxyl groups is 1. The largest absolute Gasteiger partial charge is 0.508 e. The Bertz CT molecular complexity index is 770. The smallest absolute Gasteiger partial charge is 0.238 e. The molecule has 0 spiro atoms. The molecule has 3 unspecified atom stereocenters. The summed E-state index contributed by atoms with van der Waals surface area (Å²) in [4.78, 5) is 12.4. The van der Waals surface area contributed by atoms with Crippen LogP contribution in [0.5, 0.6) is 5.75 Å². The SMILES string of the molecule is N#CC1C(=O)NC(c2cc(Br)ccc2O)CC1c1ccccc1. The van der Waals surface area contributed by atoms with Gasteiger partial charge in [-0.1, -0.05) is 46.3 Å². The maximum atomic E-state index is 12.4. The number of nitrogens with zero attached hydrogens (tertiary/aromatic N) is 1. The Kier molecular flexibility index (Phi) is 4.35. The van der Waals surface area contributed by atoms with Crippen LogP contribution in [0, 0.1) is 17.2 Å². The summed E-state index contributed by atoms with van der Waals surface area (Å²) in [6.45, 7) is 0. The number of amides is 1. The van der Waals surface area contributed by atoms with Gasteiger partial charge in [0.05, 0.1) is 12.1 Å². The van der Waals surface area contributed by atoms with E-state index in [2.05, 4.69) is 27.3 Å². The van der Waals surface area contributed by atoms with Crippen LogP contribution >= 0.6 is 15.9 Å². The summed E-state index contributed by atoms with van der Waals surface area (Å²) in [5, 5.41) is 22.4. The molecule has 4 nitrogen and oxygen atoms in total. The number of carbonyl (C=O) groups is 1. The second kappa shape index (κ2) is 6.43. The highest BCUT2D eigenvalue weighted by molar-refractivity contribution is 9.10. The van der Waals surface area contributed by atoms with Crippen molar-refractivity contribution in [3.63, 3.8) is 0 Å². The lowest BCUT2D eigenvalue weighted by Gasteiger charge is -2.34. The fourth-order valence-corrected chi connectivity index (χ4v) is 3.46. The van der Waals surface area contributed by atoms with Gasteiger partial charge in [-0.2, -0.15) is 5.26 Å². The minimum Gasteiger partial charge on any atom is -0.508 e. The lowest BCUT2D eigenvalue weighted by atomic mass is 9.77. The van der Waals surface area contributed by atoms with E-state index in [-0.39, 0.29) is 23.6 Å². The average Bonchev–Trinajstić information content (AvgIpc) is 2.57. The number of phenols is 1. The number of rotatable bonds is 2. The molecule has 1 saturated heterocycles. The molecule has 116 valence electrons. The van der Waals surface area contributed by atoms with Gasteiger partial charge < -0.3 is 10.4 Å². The van der Waals surface area contributed by atoms with Crippen molar-refractivity contribution < 1.29 is 9.90 Å². The van der Waals surface area contributed by atoms with E-state index in [9.17, 15) is 15.2 Å². The first-order valence-electron chi connectivity index (χ1n) is 7.33. The van der Waals surface area contributed by atoms with E-state index in [1.165, 1.54) is 0 Å². The van der Waals surface area contributed by atoms with Crippen LogP contribution < -0.4 is 5.32 Å². The zero-order valence-electron chi connectivity index (χ0n) is 12.2. The van der Waals surface area contributed by atoms with Crippen molar-refractivity contribution in [2.24, 2.45) is 5.92 Å². The number of hydrogen-bond acceptors (Lipinski definition) is 3. The van der Waals surface area contributed by atoms with Crippen LogP contribution in [0.3, 0.4) is 0 Å². The molecule has 2 aromatic carbocycles. The van der Waals surface area contributed by atoms with Gasteiger partial charge in [0.25, 0.3) is 0 Å². The Hall–Kier alpha value is -2.32. The van der Waals surface area contributed by atoms with E-state index in [0.717, 1.165) is 10.0 Å². The predicted molar refractivity (Wildman–Crippen MR) is 89.6 cm³/mol. The van der Waals surface area contributed by atoms with Gasteiger partial charge in [0.2, 0.25) is 5.91 Å². The summed E-state index contributed by atoms with van der Waals surface area (Å²) in [6.07, 6.45) is 0.567. The monoisotopic (exact) mass is 370 g/mol. The minimum absolute atomic E-state index is 0.140. The molecular weight excluding hydrogens is 356 g/mol. The molecule has 23 heavy (non-hydrogen) atoms. The van der Waals surface area contributed by atoms with Gasteiger partial charge in [0.15, 0.2) is 0 Å². The van der Waals surface area contributed by atoms with Crippen LogP contribution in [0.2, 0.25) is 0 Å². The highest BCUT2D eigenvalue weighted by Gasteiger charge is 2.38. The second-order valence-corrected chi connectivity index (χ2v) is 6.54. The Balaban J connectivity index is 1.98. The Labute approximate surface area is 142 Å². The van der Waals surface area contributed by atoms with Gasteiger partial charge in [-0.25, -0.2) is 0 Å². The number of nitriles is 1. The molecule has 5 heteroatoms. The third-order valence-corrected chi connectivity index (χ3v) is 4.72. The lowest BCUT2D eigenvalue weighted by Crippen LogP contribution is -2.42. The fourth-order valence-electron chi connectivity index (χ4n) is 3.08. The molecule has 0 bridgehead atoms. The van der Waals surface area contributed by atoms with Gasteiger partial charge in [-0.15, -0.1) is 0 Å². The molecule has 1 fully saturated rings. The molecule has 3 rings (SSSR count).